The van der Waals surface area contributed by atoms with E-state index in [-0.39, 0.29) is 11.9 Å². The van der Waals surface area contributed by atoms with Gasteiger partial charge < -0.3 is 5.32 Å². The van der Waals surface area contributed by atoms with Gasteiger partial charge in [-0.1, -0.05) is 24.9 Å². The molecule has 0 radical (unpaired) electrons. The third kappa shape index (κ3) is 3.80. The normalized spacial score (nSPS) is 12.2. The van der Waals surface area contributed by atoms with Crippen LogP contribution in [0.3, 0.4) is 0 Å². The second-order valence-corrected chi connectivity index (χ2v) is 5.08. The Bertz CT molecular complexity index is 381. The van der Waals surface area contributed by atoms with Crippen LogP contribution in [-0.4, -0.2) is 11.9 Å². The summed E-state index contributed by atoms with van der Waals surface area (Å²) < 4.78 is 0.723. The van der Waals surface area contributed by atoms with Crippen LogP contribution in [-0.2, 0) is 0 Å². The highest BCUT2D eigenvalue weighted by molar-refractivity contribution is 9.10. The van der Waals surface area contributed by atoms with Crippen molar-refractivity contribution >= 4 is 33.4 Å². The van der Waals surface area contributed by atoms with Gasteiger partial charge in [-0.15, -0.1) is 0 Å². The van der Waals surface area contributed by atoms with E-state index < -0.39 is 0 Å². The van der Waals surface area contributed by atoms with Crippen molar-refractivity contribution < 1.29 is 4.79 Å². The lowest BCUT2D eigenvalue weighted by atomic mass is 10.1. The zero-order valence-corrected chi connectivity index (χ0v) is 11.7. The van der Waals surface area contributed by atoms with Gasteiger partial charge in [0.05, 0.1) is 5.56 Å². The molecule has 1 amide bonds. The van der Waals surface area contributed by atoms with Crippen molar-refractivity contribution in [3.05, 3.63) is 33.3 Å². The molecule has 1 N–H and O–H groups in total. The van der Waals surface area contributed by atoms with Crippen molar-refractivity contribution in [2.75, 3.05) is 0 Å². The maximum absolute atomic E-state index is 11.9. The summed E-state index contributed by atoms with van der Waals surface area (Å²) >= 11 is 9.15. The molecule has 1 atom stereocenters. The molecule has 0 aromatic heterocycles. The molecule has 4 heteroatoms. The van der Waals surface area contributed by atoms with Crippen LogP contribution in [0.15, 0.2) is 22.7 Å². The molecule has 0 saturated carbocycles. The molecule has 2 nitrogen and oxygen atoms in total. The van der Waals surface area contributed by atoms with E-state index in [1.165, 1.54) is 0 Å². The molecule has 88 valence electrons. The van der Waals surface area contributed by atoms with Crippen LogP contribution in [0.4, 0.5) is 0 Å². The third-order valence-corrected chi connectivity index (χ3v) is 3.17. The summed E-state index contributed by atoms with van der Waals surface area (Å²) in [6.07, 6.45) is 2.04. The highest BCUT2D eigenvalue weighted by Gasteiger charge is 2.12. The number of rotatable bonds is 4. The first-order valence-electron chi connectivity index (χ1n) is 5.30. The van der Waals surface area contributed by atoms with Crippen molar-refractivity contribution in [2.24, 2.45) is 0 Å². The van der Waals surface area contributed by atoms with Crippen molar-refractivity contribution in [3.8, 4) is 0 Å². The van der Waals surface area contributed by atoms with E-state index in [4.69, 9.17) is 11.6 Å². The standard InChI is InChI=1S/C12H15BrClNO/c1-3-4-8(2)15-12(16)10-6-5-9(14)7-11(10)13/h5-8H,3-4H2,1-2H3,(H,15,16). The van der Waals surface area contributed by atoms with Crippen LogP contribution in [0.1, 0.15) is 37.0 Å². The number of nitrogens with one attached hydrogen (secondary N) is 1. The topological polar surface area (TPSA) is 29.1 Å². The van der Waals surface area contributed by atoms with Crippen LogP contribution < -0.4 is 5.32 Å². The van der Waals surface area contributed by atoms with Crippen LogP contribution in [0, 0.1) is 0 Å². The lowest BCUT2D eigenvalue weighted by Crippen LogP contribution is -2.32. The Morgan fingerprint density at radius 3 is 2.81 bits per heavy atom. The summed E-state index contributed by atoms with van der Waals surface area (Å²) in [7, 11) is 0. The number of carbonyl (C=O) groups is 1. The van der Waals surface area contributed by atoms with Crippen LogP contribution in [0.5, 0.6) is 0 Å². The molecule has 1 aromatic rings. The maximum atomic E-state index is 11.9. The summed E-state index contributed by atoms with van der Waals surface area (Å²) in [5.74, 6) is -0.0653. The van der Waals surface area contributed by atoms with Crippen molar-refractivity contribution in [2.45, 2.75) is 32.7 Å². The quantitative estimate of drug-likeness (QED) is 0.894. The molecule has 0 aliphatic heterocycles. The largest absolute Gasteiger partial charge is 0.350 e. The molecule has 0 heterocycles. The fraction of sp³-hybridized carbons (Fsp3) is 0.417. The predicted octanol–water partition coefficient (Wildman–Crippen LogP) is 4.02. The first-order valence-corrected chi connectivity index (χ1v) is 6.47. The molecule has 0 saturated heterocycles. The zero-order chi connectivity index (χ0) is 12.1. The first-order chi connectivity index (χ1) is 7.54. The van der Waals surface area contributed by atoms with Crippen molar-refractivity contribution in [1.82, 2.24) is 5.32 Å². The average Bonchev–Trinajstić information content (AvgIpc) is 2.17. The molecular formula is C12H15BrClNO. The maximum Gasteiger partial charge on any atom is 0.252 e. The molecule has 16 heavy (non-hydrogen) atoms. The molecule has 1 rings (SSSR count). The molecule has 0 spiro atoms. The fourth-order valence-corrected chi connectivity index (χ4v) is 2.34. The summed E-state index contributed by atoms with van der Waals surface area (Å²) in [5.41, 5.74) is 0.618. The number of amides is 1. The van der Waals surface area contributed by atoms with Crippen molar-refractivity contribution in [3.63, 3.8) is 0 Å². The Hall–Kier alpha value is -0.540. The molecule has 1 unspecified atom stereocenters. The smallest absolute Gasteiger partial charge is 0.252 e. The van der Waals surface area contributed by atoms with Gasteiger partial charge in [-0.2, -0.15) is 0 Å². The second-order valence-electron chi connectivity index (χ2n) is 3.79. The summed E-state index contributed by atoms with van der Waals surface area (Å²) in [5, 5.41) is 3.56. The monoisotopic (exact) mass is 303 g/mol. The van der Waals surface area contributed by atoms with Gasteiger partial charge >= 0.3 is 0 Å². The van der Waals surface area contributed by atoms with Crippen molar-refractivity contribution in [1.29, 1.82) is 0 Å². The highest BCUT2D eigenvalue weighted by Crippen LogP contribution is 2.21. The van der Waals surface area contributed by atoms with Gasteiger partial charge in [0, 0.05) is 15.5 Å². The number of carbonyl (C=O) groups excluding carboxylic acids is 1. The first kappa shape index (κ1) is 13.5. The predicted molar refractivity (Wildman–Crippen MR) is 71.0 cm³/mol. The Morgan fingerprint density at radius 2 is 2.25 bits per heavy atom. The van der Waals surface area contributed by atoms with Gasteiger partial charge in [-0.25, -0.2) is 0 Å². The second kappa shape index (κ2) is 6.26. The highest BCUT2D eigenvalue weighted by atomic mass is 79.9. The summed E-state index contributed by atoms with van der Waals surface area (Å²) in [4.78, 5) is 11.9. The van der Waals surface area contributed by atoms with Gasteiger partial charge in [-0.05, 0) is 47.5 Å². The molecular weight excluding hydrogens is 289 g/mol. The van der Waals surface area contributed by atoms with Gasteiger partial charge in [0.2, 0.25) is 0 Å². The Kier molecular flexibility index (Phi) is 5.29. The van der Waals surface area contributed by atoms with Crippen LogP contribution >= 0.6 is 27.5 Å². The molecule has 0 fully saturated rings. The Morgan fingerprint density at radius 1 is 1.56 bits per heavy atom. The minimum absolute atomic E-state index is 0.0653. The van der Waals surface area contributed by atoms with E-state index in [1.54, 1.807) is 18.2 Å². The van der Waals surface area contributed by atoms with E-state index in [9.17, 15) is 4.79 Å². The fourth-order valence-electron chi connectivity index (χ4n) is 1.48. The number of hydrogen-bond donors (Lipinski definition) is 1. The lowest BCUT2D eigenvalue weighted by Gasteiger charge is -2.13. The van der Waals surface area contributed by atoms with Gasteiger partial charge in [0.25, 0.3) is 5.91 Å². The van der Waals surface area contributed by atoms with Gasteiger partial charge in [-0.3, -0.25) is 4.79 Å². The molecule has 0 bridgehead atoms. The summed E-state index contributed by atoms with van der Waals surface area (Å²) in [6.45, 7) is 4.10. The number of hydrogen-bond acceptors (Lipinski definition) is 1. The molecule has 0 aliphatic carbocycles. The zero-order valence-electron chi connectivity index (χ0n) is 9.39. The average molecular weight is 305 g/mol. The van der Waals surface area contributed by atoms with Gasteiger partial charge in [0.15, 0.2) is 0 Å². The van der Waals surface area contributed by atoms with Crippen LogP contribution in [0.25, 0.3) is 0 Å². The lowest BCUT2D eigenvalue weighted by molar-refractivity contribution is 0.0937. The van der Waals surface area contributed by atoms with E-state index in [0.717, 1.165) is 17.3 Å². The number of halogens is 2. The Balaban J connectivity index is 2.73. The molecule has 1 aromatic carbocycles. The molecule has 0 aliphatic rings. The van der Waals surface area contributed by atoms with E-state index in [1.807, 2.05) is 6.92 Å². The van der Waals surface area contributed by atoms with E-state index >= 15 is 0 Å². The van der Waals surface area contributed by atoms with E-state index in [2.05, 4.69) is 28.2 Å². The summed E-state index contributed by atoms with van der Waals surface area (Å²) in [6, 6.07) is 5.35. The number of benzene rings is 1. The minimum atomic E-state index is -0.0653. The van der Waals surface area contributed by atoms with E-state index in [0.29, 0.717) is 10.6 Å². The minimum Gasteiger partial charge on any atom is -0.350 e. The van der Waals surface area contributed by atoms with Crippen LogP contribution in [0.2, 0.25) is 5.02 Å². The Labute approximate surface area is 110 Å². The third-order valence-electron chi connectivity index (χ3n) is 2.27. The van der Waals surface area contributed by atoms with Gasteiger partial charge in [0.1, 0.15) is 0 Å². The SMILES string of the molecule is CCCC(C)NC(=O)c1ccc(Cl)cc1Br.